The van der Waals surface area contributed by atoms with Gasteiger partial charge < -0.3 is 9.84 Å². The number of carbonyl (C=O) groups is 2. The van der Waals surface area contributed by atoms with Gasteiger partial charge in [-0.1, -0.05) is 12.7 Å². The Morgan fingerprint density at radius 1 is 1.42 bits per heavy atom. The molecule has 0 aromatic heterocycles. The van der Waals surface area contributed by atoms with Gasteiger partial charge in [0.25, 0.3) is 5.97 Å². The second-order valence-electron chi connectivity index (χ2n) is 1.69. The van der Waals surface area contributed by atoms with Gasteiger partial charge in [0.1, 0.15) is 0 Å². The van der Waals surface area contributed by atoms with Crippen molar-refractivity contribution in [1.82, 2.24) is 0 Å². The third-order valence-electron chi connectivity index (χ3n) is 0.449. The van der Waals surface area contributed by atoms with Gasteiger partial charge in [-0.3, -0.25) is 9.59 Å². The first kappa shape index (κ1) is 13.0. The summed E-state index contributed by atoms with van der Waals surface area (Å²) in [6.45, 7) is 5.80. The largest absolute Gasteiger partial charge is 0.481 e. The smallest absolute Gasteiger partial charge is 0.307 e. The fraction of sp³-hybridized carbons (Fsp3) is 0.250. The molecule has 0 aliphatic carbocycles. The summed E-state index contributed by atoms with van der Waals surface area (Å²) in [5.74, 6) is -1.15. The SMILES string of the molecule is C=CC=COC(C)=O.CC(=O)O. The van der Waals surface area contributed by atoms with E-state index in [1.807, 2.05) is 0 Å². The Hall–Kier alpha value is -1.58. The number of hydrogen-bond acceptors (Lipinski definition) is 3. The lowest BCUT2D eigenvalue weighted by Gasteiger charge is -1.85. The molecular weight excluding hydrogens is 160 g/mol. The lowest BCUT2D eigenvalue weighted by molar-refractivity contribution is -0.136. The Balaban J connectivity index is 0. The number of aliphatic carboxylic acids is 1. The number of hydrogen-bond donors (Lipinski definition) is 1. The molecule has 0 fully saturated rings. The van der Waals surface area contributed by atoms with Crippen molar-refractivity contribution in [3.63, 3.8) is 0 Å². The van der Waals surface area contributed by atoms with Gasteiger partial charge in [0.2, 0.25) is 0 Å². The van der Waals surface area contributed by atoms with Crippen LogP contribution in [0.15, 0.2) is 25.0 Å². The molecule has 4 nitrogen and oxygen atoms in total. The Kier molecular flexibility index (Phi) is 10.2. The summed E-state index contributed by atoms with van der Waals surface area (Å²) >= 11 is 0. The molecule has 0 unspecified atom stereocenters. The van der Waals surface area contributed by atoms with Gasteiger partial charge in [0.05, 0.1) is 6.26 Å². The van der Waals surface area contributed by atoms with E-state index in [0.29, 0.717) is 0 Å². The van der Waals surface area contributed by atoms with Crippen LogP contribution in [0.5, 0.6) is 0 Å². The highest BCUT2D eigenvalue weighted by Crippen LogP contribution is 1.77. The Bertz CT molecular complexity index is 177. The van der Waals surface area contributed by atoms with E-state index in [4.69, 9.17) is 9.90 Å². The number of ether oxygens (including phenoxy) is 1. The van der Waals surface area contributed by atoms with E-state index < -0.39 is 5.97 Å². The number of allylic oxidation sites excluding steroid dienone is 2. The zero-order valence-corrected chi connectivity index (χ0v) is 7.11. The second-order valence-corrected chi connectivity index (χ2v) is 1.69. The lowest BCUT2D eigenvalue weighted by atomic mass is 10.6. The van der Waals surface area contributed by atoms with Crippen molar-refractivity contribution in [2.45, 2.75) is 13.8 Å². The van der Waals surface area contributed by atoms with Gasteiger partial charge in [-0.15, -0.1) is 0 Å². The van der Waals surface area contributed by atoms with E-state index in [0.717, 1.165) is 6.92 Å². The Labute approximate surface area is 71.2 Å². The fourth-order valence-electron chi connectivity index (χ4n) is 0.191. The molecule has 0 aromatic carbocycles. The number of carboxylic acids is 1. The van der Waals surface area contributed by atoms with E-state index >= 15 is 0 Å². The zero-order valence-electron chi connectivity index (χ0n) is 7.11. The van der Waals surface area contributed by atoms with Crippen LogP contribution in [-0.4, -0.2) is 17.0 Å². The highest BCUT2D eigenvalue weighted by atomic mass is 16.5. The van der Waals surface area contributed by atoms with E-state index in [2.05, 4.69) is 11.3 Å². The highest BCUT2D eigenvalue weighted by molar-refractivity contribution is 5.66. The Morgan fingerprint density at radius 2 is 1.83 bits per heavy atom. The van der Waals surface area contributed by atoms with Crippen LogP contribution in [0.3, 0.4) is 0 Å². The van der Waals surface area contributed by atoms with Crippen LogP contribution in [0.2, 0.25) is 0 Å². The van der Waals surface area contributed by atoms with E-state index in [1.54, 1.807) is 6.08 Å². The molecule has 0 amide bonds. The summed E-state index contributed by atoms with van der Waals surface area (Å²) in [4.78, 5) is 19.0. The standard InChI is InChI=1S/C6H8O2.C2H4O2/c1-3-4-5-8-6(2)7;1-2(3)4/h3-5H,1H2,2H3;1H3,(H,3,4). The maximum Gasteiger partial charge on any atom is 0.307 e. The maximum absolute atomic E-state index is 10.0. The molecule has 0 saturated heterocycles. The third kappa shape index (κ3) is 39.6. The third-order valence-corrected chi connectivity index (χ3v) is 0.449. The number of rotatable bonds is 2. The first-order valence-corrected chi connectivity index (χ1v) is 3.15. The second kappa shape index (κ2) is 9.42. The van der Waals surface area contributed by atoms with Crippen LogP contribution in [0.4, 0.5) is 0 Å². The molecule has 0 atom stereocenters. The van der Waals surface area contributed by atoms with Crippen molar-refractivity contribution in [3.8, 4) is 0 Å². The maximum atomic E-state index is 10.0. The van der Waals surface area contributed by atoms with Gasteiger partial charge in [-0.2, -0.15) is 0 Å². The van der Waals surface area contributed by atoms with Gasteiger partial charge in [-0.05, 0) is 6.08 Å². The molecule has 1 N–H and O–H groups in total. The summed E-state index contributed by atoms with van der Waals surface area (Å²) in [5, 5.41) is 7.42. The number of carbonyl (C=O) groups excluding carboxylic acids is 1. The molecule has 0 saturated carbocycles. The van der Waals surface area contributed by atoms with Crippen molar-refractivity contribution in [1.29, 1.82) is 0 Å². The summed E-state index contributed by atoms with van der Waals surface area (Å²) in [7, 11) is 0. The molecule has 12 heavy (non-hydrogen) atoms. The van der Waals surface area contributed by atoms with E-state index in [-0.39, 0.29) is 5.97 Å². The van der Waals surface area contributed by atoms with Gasteiger partial charge in [0, 0.05) is 13.8 Å². The molecule has 0 heterocycles. The van der Waals surface area contributed by atoms with E-state index in [1.165, 1.54) is 19.3 Å². The number of carboxylic acid groups (broad SMARTS) is 1. The van der Waals surface area contributed by atoms with E-state index in [9.17, 15) is 4.79 Å². The predicted octanol–water partition coefficient (Wildman–Crippen LogP) is 1.34. The highest BCUT2D eigenvalue weighted by Gasteiger charge is 1.80. The zero-order chi connectivity index (χ0) is 9.98. The molecule has 0 aromatic rings. The first-order chi connectivity index (χ1) is 5.50. The van der Waals surface area contributed by atoms with Crippen LogP contribution in [0, 0.1) is 0 Å². The van der Waals surface area contributed by atoms with Crippen LogP contribution in [0.25, 0.3) is 0 Å². The first-order valence-electron chi connectivity index (χ1n) is 3.15. The van der Waals surface area contributed by atoms with Crippen LogP contribution >= 0.6 is 0 Å². The monoisotopic (exact) mass is 172 g/mol. The average molecular weight is 172 g/mol. The van der Waals surface area contributed by atoms with Crippen molar-refractivity contribution < 1.29 is 19.4 Å². The van der Waals surface area contributed by atoms with Crippen molar-refractivity contribution >= 4 is 11.9 Å². The van der Waals surface area contributed by atoms with Gasteiger partial charge in [-0.25, -0.2) is 0 Å². The molecule has 0 aliphatic heterocycles. The fourth-order valence-corrected chi connectivity index (χ4v) is 0.191. The minimum atomic E-state index is -0.833. The summed E-state index contributed by atoms with van der Waals surface area (Å²) in [6, 6.07) is 0. The lowest BCUT2D eigenvalue weighted by Crippen LogP contribution is -1.88. The van der Waals surface area contributed by atoms with Crippen LogP contribution in [-0.2, 0) is 14.3 Å². The molecular formula is C8H12O4. The molecule has 0 rings (SSSR count). The van der Waals surface area contributed by atoms with Crippen molar-refractivity contribution in [2.75, 3.05) is 0 Å². The molecule has 68 valence electrons. The molecule has 0 spiro atoms. The quantitative estimate of drug-likeness (QED) is 0.388. The average Bonchev–Trinajstić information content (AvgIpc) is 1.86. The summed E-state index contributed by atoms with van der Waals surface area (Å²) in [6.07, 6.45) is 4.36. The van der Waals surface area contributed by atoms with Crippen molar-refractivity contribution in [2.24, 2.45) is 0 Å². The summed E-state index contributed by atoms with van der Waals surface area (Å²) < 4.78 is 4.39. The van der Waals surface area contributed by atoms with Crippen molar-refractivity contribution in [3.05, 3.63) is 25.0 Å². The minimum absolute atomic E-state index is 0.317. The summed E-state index contributed by atoms with van der Waals surface area (Å²) in [5.41, 5.74) is 0. The minimum Gasteiger partial charge on any atom is -0.481 e. The molecule has 4 heteroatoms. The molecule has 0 aliphatic rings. The molecule has 0 bridgehead atoms. The normalized spacial score (nSPS) is 8.17. The van der Waals surface area contributed by atoms with Gasteiger partial charge in [0.15, 0.2) is 0 Å². The topological polar surface area (TPSA) is 63.6 Å². The van der Waals surface area contributed by atoms with Crippen LogP contribution in [0.1, 0.15) is 13.8 Å². The predicted molar refractivity (Wildman–Crippen MR) is 44.4 cm³/mol. The van der Waals surface area contributed by atoms with Crippen LogP contribution < -0.4 is 0 Å². The molecule has 0 radical (unpaired) electrons. The Morgan fingerprint density at radius 3 is 2.08 bits per heavy atom. The van der Waals surface area contributed by atoms with Gasteiger partial charge >= 0.3 is 5.97 Å². The number of esters is 1.